The summed E-state index contributed by atoms with van der Waals surface area (Å²) < 4.78 is 6.03. The van der Waals surface area contributed by atoms with Crippen molar-refractivity contribution in [1.29, 1.82) is 0 Å². The van der Waals surface area contributed by atoms with Crippen LogP contribution >= 0.6 is 0 Å². The maximum Gasteiger partial charge on any atom is 0.254 e. The third kappa shape index (κ3) is 4.03. The number of likely N-dealkylation sites (tertiary alicyclic amines) is 1. The minimum atomic E-state index is -0.00308. The number of pyridine rings is 1. The molecule has 2 aromatic heterocycles. The number of aromatic nitrogens is 4. The maximum absolute atomic E-state index is 13.1. The first-order valence-electron chi connectivity index (χ1n) is 9.06. The molecule has 1 amide bonds. The van der Waals surface area contributed by atoms with E-state index in [9.17, 15) is 4.79 Å². The first kappa shape index (κ1) is 17.4. The molecule has 1 aromatic carbocycles. The fourth-order valence-corrected chi connectivity index (χ4v) is 3.34. The Morgan fingerprint density at radius 2 is 2.19 bits per heavy atom. The topological polar surface area (TPSA) is 84.0 Å². The summed E-state index contributed by atoms with van der Waals surface area (Å²) in [5.41, 5.74) is 2.43. The zero-order valence-electron chi connectivity index (χ0n) is 14.9. The first-order valence-corrected chi connectivity index (χ1v) is 9.06. The highest BCUT2D eigenvalue weighted by molar-refractivity contribution is 6.00. The highest BCUT2D eigenvalue weighted by Gasteiger charge is 2.26. The quantitative estimate of drug-likeness (QED) is 0.753. The Bertz CT molecular complexity index is 882. The molecule has 0 saturated carbocycles. The van der Waals surface area contributed by atoms with Crippen LogP contribution in [0.5, 0.6) is 0 Å². The SMILES string of the molecule is O=C(c1ccccc1-c1ncn[nH]1)N1CCC[C@@H](OCc2cccnc2)C1. The van der Waals surface area contributed by atoms with Crippen LogP contribution in [-0.2, 0) is 11.3 Å². The average Bonchev–Trinajstić information content (AvgIpc) is 3.27. The van der Waals surface area contributed by atoms with E-state index in [1.165, 1.54) is 6.33 Å². The molecule has 0 aliphatic carbocycles. The summed E-state index contributed by atoms with van der Waals surface area (Å²) >= 11 is 0. The fourth-order valence-electron chi connectivity index (χ4n) is 3.34. The molecule has 3 aromatic rings. The Morgan fingerprint density at radius 3 is 3.00 bits per heavy atom. The molecule has 1 aliphatic heterocycles. The largest absolute Gasteiger partial charge is 0.372 e. The predicted molar refractivity (Wildman–Crippen MR) is 99.8 cm³/mol. The normalized spacial score (nSPS) is 17.0. The number of benzene rings is 1. The molecule has 27 heavy (non-hydrogen) atoms. The van der Waals surface area contributed by atoms with Crippen LogP contribution in [0.1, 0.15) is 28.8 Å². The lowest BCUT2D eigenvalue weighted by molar-refractivity contribution is -0.00679. The van der Waals surface area contributed by atoms with E-state index in [0.717, 1.165) is 30.5 Å². The lowest BCUT2D eigenvalue weighted by Gasteiger charge is -2.33. The van der Waals surface area contributed by atoms with Gasteiger partial charge < -0.3 is 9.64 Å². The van der Waals surface area contributed by atoms with Gasteiger partial charge in [0.2, 0.25) is 0 Å². The summed E-state index contributed by atoms with van der Waals surface area (Å²) in [7, 11) is 0. The van der Waals surface area contributed by atoms with Gasteiger partial charge in [-0.3, -0.25) is 14.9 Å². The van der Waals surface area contributed by atoms with E-state index in [2.05, 4.69) is 20.2 Å². The molecule has 1 fully saturated rings. The van der Waals surface area contributed by atoms with E-state index in [1.807, 2.05) is 41.3 Å². The van der Waals surface area contributed by atoms with E-state index >= 15 is 0 Å². The highest BCUT2D eigenvalue weighted by Crippen LogP contribution is 2.23. The summed E-state index contributed by atoms with van der Waals surface area (Å²) in [6.07, 6.45) is 6.90. The van der Waals surface area contributed by atoms with Gasteiger partial charge in [-0.1, -0.05) is 24.3 Å². The third-order valence-corrected chi connectivity index (χ3v) is 4.70. The van der Waals surface area contributed by atoms with Crippen LogP contribution in [-0.4, -0.2) is 50.2 Å². The molecule has 138 valence electrons. The smallest absolute Gasteiger partial charge is 0.254 e. The zero-order valence-corrected chi connectivity index (χ0v) is 14.9. The molecule has 1 saturated heterocycles. The second-order valence-electron chi connectivity index (χ2n) is 6.57. The van der Waals surface area contributed by atoms with Gasteiger partial charge in [0.25, 0.3) is 5.91 Å². The van der Waals surface area contributed by atoms with Gasteiger partial charge in [-0.25, -0.2) is 4.98 Å². The van der Waals surface area contributed by atoms with Crippen LogP contribution in [0.3, 0.4) is 0 Å². The summed E-state index contributed by atoms with van der Waals surface area (Å²) in [6, 6.07) is 11.4. The molecule has 7 heteroatoms. The van der Waals surface area contributed by atoms with Crippen molar-refractivity contribution in [3.8, 4) is 11.4 Å². The fraction of sp³-hybridized carbons (Fsp3) is 0.300. The Kier molecular flexibility index (Phi) is 5.20. The molecule has 0 radical (unpaired) electrons. The molecule has 0 unspecified atom stereocenters. The van der Waals surface area contributed by atoms with Crippen molar-refractivity contribution in [2.75, 3.05) is 13.1 Å². The summed E-state index contributed by atoms with van der Waals surface area (Å²) in [5, 5.41) is 6.73. The van der Waals surface area contributed by atoms with E-state index < -0.39 is 0 Å². The van der Waals surface area contributed by atoms with E-state index in [-0.39, 0.29) is 12.0 Å². The number of nitrogens with one attached hydrogen (secondary N) is 1. The predicted octanol–water partition coefficient (Wildman–Crippen LogP) is 2.69. The van der Waals surface area contributed by atoms with Crippen LogP contribution in [0.25, 0.3) is 11.4 Å². The monoisotopic (exact) mass is 363 g/mol. The molecule has 3 heterocycles. The van der Waals surface area contributed by atoms with Crippen LogP contribution < -0.4 is 0 Å². The number of amides is 1. The Labute approximate surface area is 157 Å². The van der Waals surface area contributed by atoms with E-state index in [1.54, 1.807) is 12.4 Å². The molecule has 0 spiro atoms. The van der Waals surface area contributed by atoms with Crippen molar-refractivity contribution in [3.05, 3.63) is 66.2 Å². The standard InChI is InChI=1S/C20H21N5O2/c26-20(18-8-2-1-7-17(18)19-22-14-23-24-19)25-10-4-6-16(12-25)27-13-15-5-3-9-21-11-15/h1-3,5,7-9,11,14,16H,4,6,10,12-13H2,(H,22,23,24)/t16-/m1/s1. The van der Waals surface area contributed by atoms with Crippen LogP contribution in [0.15, 0.2) is 55.1 Å². The van der Waals surface area contributed by atoms with Gasteiger partial charge in [0.1, 0.15) is 6.33 Å². The van der Waals surface area contributed by atoms with Gasteiger partial charge in [0.15, 0.2) is 5.82 Å². The van der Waals surface area contributed by atoms with Gasteiger partial charge >= 0.3 is 0 Å². The molecular formula is C20H21N5O2. The number of ether oxygens (including phenoxy) is 1. The van der Waals surface area contributed by atoms with Crippen LogP contribution in [0.4, 0.5) is 0 Å². The van der Waals surface area contributed by atoms with E-state index in [0.29, 0.717) is 24.5 Å². The summed E-state index contributed by atoms with van der Waals surface area (Å²) in [4.78, 5) is 23.3. The van der Waals surface area contributed by atoms with Crippen molar-refractivity contribution in [1.82, 2.24) is 25.1 Å². The van der Waals surface area contributed by atoms with Crippen molar-refractivity contribution in [2.45, 2.75) is 25.6 Å². The number of hydrogen-bond donors (Lipinski definition) is 1. The Balaban J connectivity index is 1.45. The molecule has 4 rings (SSSR count). The molecule has 1 atom stereocenters. The Hall–Kier alpha value is -3.06. The second-order valence-corrected chi connectivity index (χ2v) is 6.57. The number of carbonyl (C=O) groups is 1. The molecule has 1 aliphatic rings. The first-order chi connectivity index (χ1) is 13.3. The molecule has 1 N–H and O–H groups in total. The average molecular weight is 363 g/mol. The van der Waals surface area contributed by atoms with Crippen LogP contribution in [0, 0.1) is 0 Å². The maximum atomic E-state index is 13.1. The molecular weight excluding hydrogens is 342 g/mol. The number of carbonyl (C=O) groups excluding carboxylic acids is 1. The van der Waals surface area contributed by atoms with Gasteiger partial charge in [-0.05, 0) is 30.5 Å². The number of piperidine rings is 1. The molecule has 0 bridgehead atoms. The number of aromatic amines is 1. The number of H-pyrrole nitrogens is 1. The van der Waals surface area contributed by atoms with Crippen molar-refractivity contribution in [3.63, 3.8) is 0 Å². The van der Waals surface area contributed by atoms with Crippen molar-refractivity contribution < 1.29 is 9.53 Å². The number of nitrogens with zero attached hydrogens (tertiary/aromatic N) is 4. The number of rotatable bonds is 5. The number of hydrogen-bond acceptors (Lipinski definition) is 5. The highest BCUT2D eigenvalue weighted by atomic mass is 16.5. The lowest BCUT2D eigenvalue weighted by atomic mass is 10.0. The van der Waals surface area contributed by atoms with Gasteiger partial charge in [-0.2, -0.15) is 5.10 Å². The summed E-state index contributed by atoms with van der Waals surface area (Å²) in [5.74, 6) is 0.594. The minimum absolute atomic E-state index is 0.00308. The van der Waals surface area contributed by atoms with Gasteiger partial charge in [0.05, 0.1) is 18.3 Å². The lowest BCUT2D eigenvalue weighted by Crippen LogP contribution is -2.43. The van der Waals surface area contributed by atoms with Gasteiger partial charge in [0, 0.05) is 31.0 Å². The third-order valence-electron chi connectivity index (χ3n) is 4.70. The Morgan fingerprint density at radius 1 is 1.26 bits per heavy atom. The van der Waals surface area contributed by atoms with Gasteiger partial charge in [-0.15, -0.1) is 0 Å². The summed E-state index contributed by atoms with van der Waals surface area (Å²) in [6.45, 7) is 1.83. The minimum Gasteiger partial charge on any atom is -0.372 e. The zero-order chi connectivity index (χ0) is 18.5. The molecule has 7 nitrogen and oxygen atoms in total. The second kappa shape index (κ2) is 8.09. The van der Waals surface area contributed by atoms with Crippen molar-refractivity contribution in [2.24, 2.45) is 0 Å². The van der Waals surface area contributed by atoms with E-state index in [4.69, 9.17) is 4.74 Å². The van der Waals surface area contributed by atoms with Crippen LogP contribution in [0.2, 0.25) is 0 Å². The van der Waals surface area contributed by atoms with Crippen molar-refractivity contribution >= 4 is 5.91 Å².